The third kappa shape index (κ3) is 83.2. The van der Waals surface area contributed by atoms with Gasteiger partial charge < -0.3 is 51.5 Å². The fourth-order valence-electron chi connectivity index (χ4n) is 15.3. The average Bonchev–Trinajstić information content (AvgIpc) is 0.923. The van der Waals surface area contributed by atoms with Gasteiger partial charge in [-0.1, -0.05) is 388 Å². The van der Waals surface area contributed by atoms with Gasteiger partial charge in [0.15, 0.2) is 0 Å². The molecule has 0 aliphatic rings. The van der Waals surface area contributed by atoms with Crippen molar-refractivity contribution in [1.29, 1.82) is 0 Å². The van der Waals surface area contributed by atoms with Crippen molar-refractivity contribution in [2.45, 2.75) is 465 Å². The fraction of sp³-hybridized carbons (Fsp3) is 0.938. The molecule has 0 bridgehead atoms. The first kappa shape index (κ1) is 109. The summed E-state index contributed by atoms with van der Waals surface area (Å²) in [6.07, 6.45) is 77.0. The van der Waals surface area contributed by atoms with Gasteiger partial charge in [0.2, 0.25) is 35.4 Å². The first-order valence-corrected chi connectivity index (χ1v) is 49.5. The maximum absolute atomic E-state index is 13.8. The molecular formula is C96H192N10O6. The van der Waals surface area contributed by atoms with Gasteiger partial charge in [-0.15, -0.1) is 0 Å². The Balaban J connectivity index is 6.79. The molecule has 112 heavy (non-hydrogen) atoms. The van der Waals surface area contributed by atoms with Gasteiger partial charge in [0.25, 0.3) is 0 Å². The number of amides is 6. The topological polar surface area (TPSA) is 188 Å². The average molecular weight is 1580 g/mol. The van der Waals surface area contributed by atoms with Gasteiger partial charge in [-0.25, -0.2) is 0 Å². The van der Waals surface area contributed by atoms with Crippen LogP contribution in [0.1, 0.15) is 465 Å². The molecule has 0 aliphatic carbocycles. The largest absolute Gasteiger partial charge is 0.356 e. The lowest BCUT2D eigenvalue weighted by Gasteiger charge is -2.31. The molecule has 0 radical (unpaired) electrons. The van der Waals surface area contributed by atoms with Crippen LogP contribution in [0.25, 0.3) is 0 Å². The van der Waals surface area contributed by atoms with Crippen molar-refractivity contribution < 1.29 is 28.8 Å². The van der Waals surface area contributed by atoms with E-state index in [-0.39, 0.29) is 35.4 Å². The van der Waals surface area contributed by atoms with E-state index in [0.29, 0.717) is 156 Å². The summed E-state index contributed by atoms with van der Waals surface area (Å²) in [5.41, 5.74) is 0. The number of unbranched alkanes of at least 4 members (excludes halogenated alkanes) is 54. The van der Waals surface area contributed by atoms with E-state index in [2.05, 4.69) is 93.0 Å². The van der Waals surface area contributed by atoms with Crippen molar-refractivity contribution in [3.05, 3.63) is 0 Å². The molecule has 0 spiro atoms. The Morgan fingerprint density at radius 2 is 0.241 bits per heavy atom. The van der Waals surface area contributed by atoms with Gasteiger partial charge in [0.05, 0.1) is 0 Å². The summed E-state index contributed by atoms with van der Waals surface area (Å²) in [6.45, 7) is 24.8. The number of nitrogens with one attached hydrogen (secondary N) is 6. The SMILES string of the molecule is CCCCCCCCCCCCNC(=O)CCN(CCC(=O)NCCCCCCCCCCCC)CCN(CCC(=O)NCCCCCCCCCCCC)CCN(CCC(=O)NCCCCCCCCCCCC)CCN(CCC(=O)NCCCCCCCCCCCC)CCC(=O)NCCCCCCCCCCCC. The molecule has 0 fully saturated rings. The molecule has 6 N–H and O–H groups in total. The van der Waals surface area contributed by atoms with Crippen molar-refractivity contribution in [3.8, 4) is 0 Å². The Morgan fingerprint density at radius 3 is 0.357 bits per heavy atom. The van der Waals surface area contributed by atoms with Crippen molar-refractivity contribution in [2.75, 3.05) is 118 Å². The Morgan fingerprint density at radius 1 is 0.143 bits per heavy atom. The van der Waals surface area contributed by atoms with Crippen molar-refractivity contribution in [1.82, 2.24) is 51.5 Å². The van der Waals surface area contributed by atoms with Crippen molar-refractivity contribution in [2.24, 2.45) is 0 Å². The summed E-state index contributed by atoms with van der Waals surface area (Å²) in [4.78, 5) is 91.4. The van der Waals surface area contributed by atoms with Crippen molar-refractivity contribution in [3.63, 3.8) is 0 Å². The van der Waals surface area contributed by atoms with E-state index in [0.717, 1.165) is 77.0 Å². The summed E-state index contributed by atoms with van der Waals surface area (Å²) < 4.78 is 0. The van der Waals surface area contributed by atoms with Gasteiger partial charge in [-0.3, -0.25) is 28.8 Å². The number of nitrogens with zero attached hydrogens (tertiary/aromatic N) is 4. The zero-order valence-corrected chi connectivity index (χ0v) is 75.6. The maximum Gasteiger partial charge on any atom is 0.221 e. The molecule has 0 aliphatic heterocycles. The minimum atomic E-state index is 0.0504. The second-order valence-electron chi connectivity index (χ2n) is 34.1. The van der Waals surface area contributed by atoms with E-state index in [9.17, 15) is 28.8 Å². The van der Waals surface area contributed by atoms with E-state index in [1.165, 1.54) is 308 Å². The monoisotopic (exact) mass is 1580 g/mol. The van der Waals surface area contributed by atoms with E-state index in [4.69, 9.17) is 0 Å². The van der Waals surface area contributed by atoms with Gasteiger partial charge in [-0.05, 0) is 38.5 Å². The predicted molar refractivity (Wildman–Crippen MR) is 483 cm³/mol. The number of rotatable bonds is 93. The first-order valence-electron chi connectivity index (χ1n) is 49.5. The third-order valence-corrected chi connectivity index (χ3v) is 23.2. The highest BCUT2D eigenvalue weighted by molar-refractivity contribution is 5.78. The number of hydrogen-bond acceptors (Lipinski definition) is 10. The molecule has 0 unspecified atom stereocenters. The molecular weight excluding hydrogens is 1390 g/mol. The van der Waals surface area contributed by atoms with Gasteiger partial charge in [-0.2, -0.15) is 0 Å². The minimum absolute atomic E-state index is 0.0504. The summed E-state index contributed by atoms with van der Waals surface area (Å²) in [5, 5.41) is 19.4. The van der Waals surface area contributed by atoms with Crippen LogP contribution in [0.5, 0.6) is 0 Å². The highest BCUT2D eigenvalue weighted by Gasteiger charge is 2.19. The Labute approximate surface area is 695 Å². The highest BCUT2D eigenvalue weighted by Crippen LogP contribution is 2.17. The van der Waals surface area contributed by atoms with E-state index < -0.39 is 0 Å². The van der Waals surface area contributed by atoms with E-state index in [1.807, 2.05) is 0 Å². The van der Waals surface area contributed by atoms with Crippen LogP contribution in [0.3, 0.4) is 0 Å². The summed E-state index contributed by atoms with van der Waals surface area (Å²) >= 11 is 0. The first-order chi connectivity index (χ1) is 55.0. The van der Waals surface area contributed by atoms with Crippen LogP contribution >= 0.6 is 0 Å². The normalized spacial score (nSPS) is 11.6. The van der Waals surface area contributed by atoms with Crippen LogP contribution in [-0.2, 0) is 28.8 Å². The van der Waals surface area contributed by atoms with Gasteiger partial charge >= 0.3 is 0 Å². The second-order valence-corrected chi connectivity index (χ2v) is 34.1. The van der Waals surface area contributed by atoms with Crippen LogP contribution in [0.2, 0.25) is 0 Å². The lowest BCUT2D eigenvalue weighted by molar-refractivity contribution is -0.123. The second kappa shape index (κ2) is 90.0. The zero-order chi connectivity index (χ0) is 81.4. The molecule has 0 heterocycles. The molecule has 0 saturated heterocycles. The molecule has 6 amide bonds. The van der Waals surface area contributed by atoms with Crippen LogP contribution in [0.4, 0.5) is 0 Å². The van der Waals surface area contributed by atoms with Gasteiger partial charge in [0, 0.05) is 156 Å². The molecule has 0 aromatic carbocycles. The standard InChI is InChI=1S/C96H192N10O6/c1-7-13-19-25-31-37-43-49-55-61-73-97-91(107)67-79-103(80-68-92(108)98-74-62-56-50-44-38-32-26-20-14-8-2)85-87-105(83-71-95(111)101-77-65-59-53-47-41-35-29-23-17-11-5)89-90-106(84-72-96(112)102-78-66-60-54-48-42-36-30-24-18-12-6)88-86-104(81-69-93(109)99-75-63-57-51-45-39-33-27-21-15-9-3)82-70-94(110)100-76-64-58-52-46-40-34-28-22-16-10-4/h7-90H2,1-6H3,(H,97,107)(H,98,108)(H,99,109)(H,100,110)(H,101,111)(H,102,112). The quantitative estimate of drug-likeness (QED) is 0.0320. The molecule has 16 nitrogen and oxygen atoms in total. The summed E-state index contributed by atoms with van der Waals surface area (Å²) in [7, 11) is 0. The zero-order valence-electron chi connectivity index (χ0n) is 75.6. The lowest BCUT2D eigenvalue weighted by Crippen LogP contribution is -2.45. The highest BCUT2D eigenvalue weighted by atomic mass is 16.2. The van der Waals surface area contributed by atoms with Crippen LogP contribution in [-0.4, -0.2) is 173 Å². The number of carbonyl (C=O) groups is 6. The number of hydrogen-bond donors (Lipinski definition) is 6. The van der Waals surface area contributed by atoms with Crippen molar-refractivity contribution >= 4 is 35.4 Å². The fourth-order valence-corrected chi connectivity index (χ4v) is 15.3. The predicted octanol–water partition coefficient (Wildman–Crippen LogP) is 22.8. The number of carbonyl (C=O) groups excluding carboxylic acids is 6. The minimum Gasteiger partial charge on any atom is -0.356 e. The third-order valence-electron chi connectivity index (χ3n) is 23.2. The van der Waals surface area contributed by atoms with E-state index in [1.54, 1.807) is 0 Å². The molecule has 16 heteroatoms. The molecule has 0 atom stereocenters. The molecule has 662 valence electrons. The Hall–Kier alpha value is -3.34. The summed E-state index contributed by atoms with van der Waals surface area (Å²) in [6, 6.07) is 0. The van der Waals surface area contributed by atoms with Crippen LogP contribution < -0.4 is 31.9 Å². The summed E-state index contributed by atoms with van der Waals surface area (Å²) in [5.74, 6) is 0.318. The van der Waals surface area contributed by atoms with Gasteiger partial charge in [0.1, 0.15) is 0 Å². The Bertz CT molecular complexity index is 1800. The lowest BCUT2D eigenvalue weighted by atomic mass is 10.1. The smallest absolute Gasteiger partial charge is 0.221 e. The van der Waals surface area contributed by atoms with Crippen LogP contribution in [0.15, 0.2) is 0 Å². The molecule has 0 rings (SSSR count). The molecule has 0 saturated carbocycles. The molecule has 0 aromatic rings. The Kier molecular flexibility index (Phi) is 87.3. The maximum atomic E-state index is 13.8. The molecule has 0 aromatic heterocycles. The van der Waals surface area contributed by atoms with E-state index >= 15 is 0 Å². The van der Waals surface area contributed by atoms with Crippen LogP contribution in [0, 0.1) is 0 Å².